The second-order valence-corrected chi connectivity index (χ2v) is 7.03. The van der Waals surface area contributed by atoms with Crippen LogP contribution < -0.4 is 5.11 Å². The van der Waals surface area contributed by atoms with Gasteiger partial charge in [-0.3, -0.25) is 0 Å². The number of benzene rings is 1. The summed E-state index contributed by atoms with van der Waals surface area (Å²) in [7, 11) is -4.38. The molecule has 122 valence electrons. The topological polar surface area (TPSA) is 77.5 Å². The van der Waals surface area contributed by atoms with E-state index in [0.717, 1.165) is 12.1 Å². The molecule has 10 heteroatoms. The van der Waals surface area contributed by atoms with Gasteiger partial charge in [-0.2, -0.15) is 17.5 Å². The van der Waals surface area contributed by atoms with Crippen molar-refractivity contribution in [2.24, 2.45) is 0 Å². The van der Waals surface area contributed by atoms with E-state index in [4.69, 9.17) is 11.6 Å². The number of carbonyl (C=O) groups excluding carboxylic acids is 1. The van der Waals surface area contributed by atoms with Crippen molar-refractivity contribution in [1.82, 2.24) is 4.31 Å². The Kier molecular flexibility index (Phi) is 4.42. The molecular formula is C12H10ClF3NO4S-. The smallest absolute Gasteiger partial charge is 0.417 e. The van der Waals surface area contributed by atoms with Gasteiger partial charge in [-0.1, -0.05) is 11.6 Å². The van der Waals surface area contributed by atoms with Gasteiger partial charge in [0.1, 0.15) is 0 Å². The maximum Gasteiger partial charge on any atom is 0.417 e. The average molecular weight is 357 g/mol. The maximum atomic E-state index is 12.8. The third-order valence-electron chi connectivity index (χ3n) is 3.33. The highest BCUT2D eigenvalue weighted by Crippen LogP contribution is 2.37. The van der Waals surface area contributed by atoms with E-state index >= 15 is 0 Å². The number of rotatable bonds is 3. The summed E-state index contributed by atoms with van der Waals surface area (Å²) in [5.74, 6) is -1.58. The van der Waals surface area contributed by atoms with E-state index in [0.29, 0.717) is 10.4 Å². The SMILES string of the molecule is O=C([O-])[C@@H]1CCCN1S(=O)(=O)c1ccc(Cl)c(C(F)(F)F)c1. The van der Waals surface area contributed by atoms with Crippen molar-refractivity contribution in [2.45, 2.75) is 30.0 Å². The normalized spacial score (nSPS) is 20.3. The number of carboxylic acid groups (broad SMARTS) is 1. The van der Waals surface area contributed by atoms with Crippen molar-refractivity contribution in [3.05, 3.63) is 28.8 Å². The lowest BCUT2D eigenvalue weighted by Crippen LogP contribution is -2.46. The van der Waals surface area contributed by atoms with Crippen molar-refractivity contribution < 1.29 is 31.5 Å². The fourth-order valence-corrected chi connectivity index (χ4v) is 4.18. The number of halogens is 4. The lowest BCUT2D eigenvalue weighted by atomic mass is 10.2. The number of hydrogen-bond acceptors (Lipinski definition) is 4. The van der Waals surface area contributed by atoms with Gasteiger partial charge in [-0.15, -0.1) is 0 Å². The number of aliphatic carboxylic acids is 1. The Morgan fingerprint density at radius 1 is 1.36 bits per heavy atom. The van der Waals surface area contributed by atoms with Crippen LogP contribution in [-0.2, 0) is 21.0 Å². The van der Waals surface area contributed by atoms with Crippen molar-refractivity contribution in [3.8, 4) is 0 Å². The fourth-order valence-electron chi connectivity index (χ4n) is 2.28. The summed E-state index contributed by atoms with van der Waals surface area (Å²) < 4.78 is 63.8. The molecule has 0 aromatic heterocycles. The summed E-state index contributed by atoms with van der Waals surface area (Å²) in [5.41, 5.74) is -1.29. The van der Waals surface area contributed by atoms with Gasteiger partial charge in [-0.25, -0.2) is 8.42 Å². The minimum absolute atomic E-state index is 0.0568. The van der Waals surface area contributed by atoms with E-state index < -0.39 is 43.7 Å². The van der Waals surface area contributed by atoms with Crippen LogP contribution in [0.15, 0.2) is 23.1 Å². The molecule has 1 atom stereocenters. The number of alkyl halides is 3. The molecule has 2 rings (SSSR count). The molecule has 22 heavy (non-hydrogen) atoms. The second-order valence-electron chi connectivity index (χ2n) is 4.73. The van der Waals surface area contributed by atoms with Crippen molar-refractivity contribution in [2.75, 3.05) is 6.54 Å². The molecule has 1 aromatic carbocycles. The van der Waals surface area contributed by atoms with Crippen LogP contribution in [0.2, 0.25) is 5.02 Å². The molecule has 0 saturated carbocycles. The second kappa shape index (κ2) is 5.71. The molecule has 5 nitrogen and oxygen atoms in total. The molecule has 1 aliphatic rings. The largest absolute Gasteiger partial charge is 0.548 e. The van der Waals surface area contributed by atoms with Gasteiger partial charge in [0, 0.05) is 6.54 Å². The molecular weight excluding hydrogens is 347 g/mol. The fraction of sp³-hybridized carbons (Fsp3) is 0.417. The Morgan fingerprint density at radius 2 is 2.00 bits per heavy atom. The zero-order valence-corrected chi connectivity index (χ0v) is 12.5. The highest BCUT2D eigenvalue weighted by molar-refractivity contribution is 7.89. The van der Waals surface area contributed by atoms with Gasteiger partial charge in [0.2, 0.25) is 10.0 Å². The summed E-state index contributed by atoms with van der Waals surface area (Å²) in [4.78, 5) is 10.3. The highest BCUT2D eigenvalue weighted by atomic mass is 35.5. The maximum absolute atomic E-state index is 12.8. The zero-order valence-electron chi connectivity index (χ0n) is 10.9. The van der Waals surface area contributed by atoms with Crippen LogP contribution in [0, 0.1) is 0 Å². The van der Waals surface area contributed by atoms with Crippen LogP contribution in [0.1, 0.15) is 18.4 Å². The van der Waals surface area contributed by atoms with Gasteiger partial charge >= 0.3 is 6.18 Å². The minimum Gasteiger partial charge on any atom is -0.548 e. The first-order valence-corrected chi connectivity index (χ1v) is 7.96. The van der Waals surface area contributed by atoms with Gasteiger partial charge in [-0.05, 0) is 31.0 Å². The summed E-state index contributed by atoms with van der Waals surface area (Å²) >= 11 is 5.44. The molecule has 1 aliphatic heterocycles. The lowest BCUT2D eigenvalue weighted by molar-refractivity contribution is -0.309. The van der Waals surface area contributed by atoms with E-state index in [2.05, 4.69) is 0 Å². The predicted octanol–water partition coefficient (Wildman–Crippen LogP) is 1.26. The Morgan fingerprint density at radius 3 is 2.55 bits per heavy atom. The van der Waals surface area contributed by atoms with Gasteiger partial charge < -0.3 is 9.90 Å². The number of carboxylic acids is 1. The number of sulfonamides is 1. The van der Waals surface area contributed by atoms with Crippen LogP contribution in [0.5, 0.6) is 0 Å². The molecule has 1 saturated heterocycles. The molecule has 0 radical (unpaired) electrons. The molecule has 1 heterocycles. The van der Waals surface area contributed by atoms with Crippen LogP contribution in [0.4, 0.5) is 13.2 Å². The number of carbonyl (C=O) groups is 1. The number of nitrogens with zero attached hydrogens (tertiary/aromatic N) is 1. The first kappa shape index (κ1) is 17.0. The van der Waals surface area contributed by atoms with E-state index in [-0.39, 0.29) is 19.4 Å². The Labute approximate surface area is 129 Å². The first-order chi connectivity index (χ1) is 10.0. The summed E-state index contributed by atoms with van der Waals surface area (Å²) in [6.45, 7) is -0.0923. The van der Waals surface area contributed by atoms with E-state index in [9.17, 15) is 31.5 Å². The highest BCUT2D eigenvalue weighted by Gasteiger charge is 2.39. The van der Waals surface area contributed by atoms with Crippen LogP contribution in [0.25, 0.3) is 0 Å². The molecule has 0 bridgehead atoms. The number of hydrogen-bond donors (Lipinski definition) is 0. The van der Waals surface area contributed by atoms with Gasteiger partial charge in [0.25, 0.3) is 0 Å². The molecule has 0 N–H and O–H groups in total. The Hall–Kier alpha value is -1.32. The monoisotopic (exact) mass is 356 g/mol. The molecule has 1 fully saturated rings. The zero-order chi connectivity index (χ0) is 16.7. The predicted molar refractivity (Wildman–Crippen MR) is 68.4 cm³/mol. The van der Waals surface area contributed by atoms with Gasteiger partial charge in [0.15, 0.2) is 0 Å². The average Bonchev–Trinajstić information content (AvgIpc) is 2.87. The molecule has 0 aliphatic carbocycles. The summed E-state index contributed by atoms with van der Waals surface area (Å²) in [6.07, 6.45) is -4.47. The van der Waals surface area contributed by atoms with Crippen LogP contribution in [0.3, 0.4) is 0 Å². The third kappa shape index (κ3) is 3.06. The van der Waals surface area contributed by atoms with E-state index in [1.54, 1.807) is 0 Å². The van der Waals surface area contributed by atoms with Crippen molar-refractivity contribution in [3.63, 3.8) is 0 Å². The summed E-state index contributed by atoms with van der Waals surface area (Å²) in [5, 5.41) is 10.3. The third-order valence-corrected chi connectivity index (χ3v) is 5.56. The molecule has 1 aromatic rings. The summed E-state index contributed by atoms with van der Waals surface area (Å²) in [6, 6.07) is 0.761. The Balaban J connectivity index is 2.49. The van der Waals surface area contributed by atoms with E-state index in [1.807, 2.05) is 0 Å². The lowest BCUT2D eigenvalue weighted by Gasteiger charge is -2.25. The van der Waals surface area contributed by atoms with Crippen molar-refractivity contribution >= 4 is 27.6 Å². The standard InChI is InChI=1S/C12H11ClF3NO4S/c13-9-4-3-7(6-8(9)12(14,15)16)22(20,21)17-5-1-2-10(17)11(18)19/h3-4,6,10H,1-2,5H2,(H,18,19)/p-1/t10-/m0/s1. The quantitative estimate of drug-likeness (QED) is 0.817. The minimum atomic E-state index is -4.82. The molecule has 0 unspecified atom stereocenters. The Bertz CT molecular complexity index is 705. The molecule has 0 spiro atoms. The van der Waals surface area contributed by atoms with Gasteiger partial charge in [0.05, 0.1) is 27.5 Å². The van der Waals surface area contributed by atoms with Crippen LogP contribution >= 0.6 is 11.6 Å². The van der Waals surface area contributed by atoms with Crippen molar-refractivity contribution in [1.29, 1.82) is 0 Å². The van der Waals surface area contributed by atoms with Crippen LogP contribution in [-0.4, -0.2) is 31.3 Å². The first-order valence-electron chi connectivity index (χ1n) is 6.14. The molecule has 0 amide bonds. The van der Waals surface area contributed by atoms with E-state index in [1.165, 1.54) is 0 Å².